The summed E-state index contributed by atoms with van der Waals surface area (Å²) in [4.78, 5) is 60.3. The molecule has 0 aromatic rings. The lowest BCUT2D eigenvalue weighted by Gasteiger charge is -2.29. The largest absolute Gasteiger partial charge is 0.747 e. The van der Waals surface area contributed by atoms with Crippen LogP contribution < -0.4 is 0 Å². The molecular formula is C17H18NO9S-. The molecule has 2 aliphatic carbocycles. The number of imide groups is 1. The number of nitrogens with zero attached hydrogens (tertiary/aromatic N) is 1. The van der Waals surface area contributed by atoms with Crippen molar-refractivity contribution in [1.29, 1.82) is 0 Å². The zero-order valence-electron chi connectivity index (χ0n) is 14.7. The number of ether oxygens (including phenoxy) is 1. The molecule has 0 N–H and O–H groups in total. The van der Waals surface area contributed by atoms with Crippen molar-refractivity contribution in [3.8, 4) is 0 Å². The number of Topliss-reactive ketones (excluding diaryl/α,β-unsaturated/α-hetero) is 2. The van der Waals surface area contributed by atoms with Gasteiger partial charge in [0.2, 0.25) is 6.10 Å². The van der Waals surface area contributed by atoms with Gasteiger partial charge < -0.3 is 9.29 Å². The minimum Gasteiger partial charge on any atom is -0.747 e. The Kier molecular flexibility index (Phi) is 5.48. The lowest BCUT2D eigenvalue weighted by atomic mass is 9.81. The zero-order valence-corrected chi connectivity index (χ0v) is 15.6. The smallest absolute Gasteiger partial charge is 0.310 e. The average Bonchev–Trinajstić information content (AvgIpc) is 3.09. The summed E-state index contributed by atoms with van der Waals surface area (Å²) in [5.74, 6) is -4.16. The molecule has 28 heavy (non-hydrogen) atoms. The van der Waals surface area contributed by atoms with Gasteiger partial charge in [0.25, 0.3) is 11.8 Å². The van der Waals surface area contributed by atoms with E-state index in [0.717, 1.165) is 4.90 Å². The van der Waals surface area contributed by atoms with Crippen LogP contribution in [0.4, 0.5) is 0 Å². The standard InChI is InChI=1S/C17H19NO9S/c19-11-7-12(28(24,25)26)15(22)16(11)27-17(23)10-3-1-9(2-4-10)8-18-13(20)5-6-14(18)21/h5-6,9-10,12,16H,1-4,7-8H2,(H,24,25,26)/p-1. The number of hydrogen-bond donors (Lipinski definition) is 0. The first kappa shape index (κ1) is 20.3. The summed E-state index contributed by atoms with van der Waals surface area (Å²) in [6.45, 7) is 0.259. The number of rotatable bonds is 5. The molecular weight excluding hydrogens is 394 g/mol. The van der Waals surface area contributed by atoms with Crippen LogP contribution in [0.3, 0.4) is 0 Å². The number of carbonyl (C=O) groups excluding carboxylic acids is 5. The molecule has 1 aliphatic heterocycles. The third kappa shape index (κ3) is 4.04. The average molecular weight is 412 g/mol. The third-order valence-electron chi connectivity index (χ3n) is 5.36. The van der Waals surface area contributed by atoms with Gasteiger partial charge >= 0.3 is 5.97 Å². The van der Waals surface area contributed by atoms with Gasteiger partial charge in [-0.3, -0.25) is 28.9 Å². The lowest BCUT2D eigenvalue weighted by molar-refractivity contribution is -0.162. The van der Waals surface area contributed by atoms with Crippen LogP contribution >= 0.6 is 0 Å². The van der Waals surface area contributed by atoms with Crippen LogP contribution in [0.15, 0.2) is 12.2 Å². The van der Waals surface area contributed by atoms with Crippen LogP contribution in [0.2, 0.25) is 0 Å². The molecule has 0 radical (unpaired) electrons. The highest BCUT2D eigenvalue weighted by Gasteiger charge is 2.47. The van der Waals surface area contributed by atoms with E-state index in [1.807, 2.05) is 0 Å². The number of esters is 1. The van der Waals surface area contributed by atoms with Crippen LogP contribution in [0.25, 0.3) is 0 Å². The number of carbonyl (C=O) groups is 5. The van der Waals surface area contributed by atoms with E-state index in [1.165, 1.54) is 12.2 Å². The van der Waals surface area contributed by atoms with Gasteiger partial charge in [-0.05, 0) is 31.6 Å². The molecule has 152 valence electrons. The Morgan fingerprint density at radius 1 is 1.07 bits per heavy atom. The molecule has 1 heterocycles. The van der Waals surface area contributed by atoms with Crippen molar-refractivity contribution in [2.45, 2.75) is 43.5 Å². The summed E-state index contributed by atoms with van der Waals surface area (Å²) >= 11 is 0. The van der Waals surface area contributed by atoms with E-state index >= 15 is 0 Å². The maximum absolute atomic E-state index is 12.3. The van der Waals surface area contributed by atoms with Crippen molar-refractivity contribution < 1.29 is 41.7 Å². The van der Waals surface area contributed by atoms with Gasteiger partial charge in [-0.1, -0.05) is 0 Å². The Balaban J connectivity index is 1.52. The van der Waals surface area contributed by atoms with Gasteiger partial charge in [0.15, 0.2) is 11.6 Å². The highest BCUT2D eigenvalue weighted by Crippen LogP contribution is 2.32. The second-order valence-electron chi connectivity index (χ2n) is 7.21. The first-order valence-corrected chi connectivity index (χ1v) is 10.3. The Bertz CT molecular complexity index is 849. The predicted octanol–water partition coefficient (Wildman–Crippen LogP) is -0.915. The molecule has 2 amide bonds. The molecule has 11 heteroatoms. The fourth-order valence-electron chi connectivity index (χ4n) is 3.75. The second-order valence-corrected chi connectivity index (χ2v) is 8.76. The van der Waals surface area contributed by atoms with Crippen molar-refractivity contribution in [3.63, 3.8) is 0 Å². The molecule has 2 unspecified atom stereocenters. The number of hydrogen-bond acceptors (Lipinski definition) is 9. The van der Waals surface area contributed by atoms with E-state index in [1.54, 1.807) is 0 Å². The molecule has 0 aromatic heterocycles. The molecule has 3 aliphatic rings. The van der Waals surface area contributed by atoms with Crippen LogP contribution in [0, 0.1) is 11.8 Å². The normalized spacial score (nSPS) is 31.0. The summed E-state index contributed by atoms with van der Waals surface area (Å²) in [6.07, 6.45) is 1.64. The van der Waals surface area contributed by atoms with Crippen LogP contribution in [0.5, 0.6) is 0 Å². The molecule has 0 saturated heterocycles. The van der Waals surface area contributed by atoms with Gasteiger partial charge in [0.05, 0.1) is 5.92 Å². The highest BCUT2D eigenvalue weighted by atomic mass is 32.2. The maximum atomic E-state index is 12.3. The molecule has 2 atom stereocenters. The van der Waals surface area contributed by atoms with Crippen LogP contribution in [-0.2, 0) is 38.8 Å². The SMILES string of the molecule is O=C(OC1C(=O)CC(S(=O)(=O)[O-])C1=O)C1CCC(CN2C(=O)C=CC2=O)CC1. The monoisotopic (exact) mass is 412 g/mol. The molecule has 0 aromatic carbocycles. The fourth-order valence-corrected chi connectivity index (χ4v) is 4.52. The van der Waals surface area contributed by atoms with Gasteiger partial charge in [-0.2, -0.15) is 0 Å². The fraction of sp³-hybridized carbons (Fsp3) is 0.588. The van der Waals surface area contributed by atoms with E-state index < -0.39 is 51.3 Å². The second kappa shape index (κ2) is 7.55. The minimum atomic E-state index is -4.98. The quantitative estimate of drug-likeness (QED) is 0.241. The topological polar surface area (TPSA) is 155 Å². The summed E-state index contributed by atoms with van der Waals surface area (Å²) in [5, 5.41) is -2.00. The molecule has 10 nitrogen and oxygen atoms in total. The van der Waals surface area contributed by atoms with Crippen molar-refractivity contribution >= 4 is 39.5 Å². The Morgan fingerprint density at radius 2 is 1.64 bits per heavy atom. The first-order valence-electron chi connectivity index (χ1n) is 8.83. The van der Waals surface area contributed by atoms with Crippen molar-refractivity contribution in [2.75, 3.05) is 6.54 Å². The van der Waals surface area contributed by atoms with E-state index in [2.05, 4.69) is 0 Å². The molecule has 0 bridgehead atoms. The van der Waals surface area contributed by atoms with E-state index in [0.29, 0.717) is 25.7 Å². The van der Waals surface area contributed by atoms with Crippen LogP contribution in [0.1, 0.15) is 32.1 Å². The molecule has 2 saturated carbocycles. The van der Waals surface area contributed by atoms with E-state index in [-0.39, 0.29) is 24.3 Å². The minimum absolute atomic E-state index is 0.0292. The maximum Gasteiger partial charge on any atom is 0.310 e. The summed E-state index contributed by atoms with van der Waals surface area (Å²) < 4.78 is 38.0. The Labute approximate surface area is 160 Å². The summed E-state index contributed by atoms with van der Waals surface area (Å²) in [7, 11) is -4.98. The van der Waals surface area contributed by atoms with Crippen molar-refractivity contribution in [3.05, 3.63) is 12.2 Å². The number of amides is 2. The van der Waals surface area contributed by atoms with E-state index in [4.69, 9.17) is 4.74 Å². The summed E-state index contributed by atoms with van der Waals surface area (Å²) in [5.41, 5.74) is 0. The molecule has 0 spiro atoms. The van der Waals surface area contributed by atoms with Gasteiger partial charge in [-0.25, -0.2) is 8.42 Å². The predicted molar refractivity (Wildman–Crippen MR) is 89.3 cm³/mol. The number of ketones is 2. The highest BCUT2D eigenvalue weighted by molar-refractivity contribution is 7.87. The first-order chi connectivity index (χ1) is 13.1. The van der Waals surface area contributed by atoms with Crippen molar-refractivity contribution in [1.82, 2.24) is 4.90 Å². The Hall–Kier alpha value is -2.40. The van der Waals surface area contributed by atoms with Crippen LogP contribution in [-0.4, -0.2) is 65.1 Å². The van der Waals surface area contributed by atoms with E-state index in [9.17, 15) is 36.9 Å². The Morgan fingerprint density at radius 3 is 2.14 bits per heavy atom. The van der Waals surface area contributed by atoms with Crippen molar-refractivity contribution in [2.24, 2.45) is 11.8 Å². The van der Waals surface area contributed by atoms with Gasteiger partial charge in [0, 0.05) is 25.1 Å². The molecule has 2 fully saturated rings. The lowest BCUT2D eigenvalue weighted by Crippen LogP contribution is -2.38. The molecule has 3 rings (SSSR count). The zero-order chi connectivity index (χ0) is 20.6. The third-order valence-corrected chi connectivity index (χ3v) is 6.45. The van der Waals surface area contributed by atoms with Gasteiger partial charge in [-0.15, -0.1) is 0 Å². The summed E-state index contributed by atoms with van der Waals surface area (Å²) in [6, 6.07) is 0. The van der Waals surface area contributed by atoms with Gasteiger partial charge in [0.1, 0.15) is 15.4 Å².